The molecule has 0 aromatic heterocycles. The molecule has 1 aliphatic carbocycles. The van der Waals surface area contributed by atoms with Crippen LogP contribution < -0.4 is 5.73 Å². The van der Waals surface area contributed by atoms with Gasteiger partial charge < -0.3 is 10.6 Å². The molecule has 112 valence electrons. The molecule has 0 saturated heterocycles. The fourth-order valence-electron chi connectivity index (χ4n) is 3.70. The molecule has 0 spiro atoms. The van der Waals surface area contributed by atoms with Gasteiger partial charge in [0.1, 0.15) is 5.82 Å². The second-order valence-electron chi connectivity index (χ2n) is 6.64. The minimum absolute atomic E-state index is 0.0754. The van der Waals surface area contributed by atoms with Gasteiger partial charge in [0.2, 0.25) is 0 Å². The van der Waals surface area contributed by atoms with Gasteiger partial charge in [0.15, 0.2) is 0 Å². The van der Waals surface area contributed by atoms with E-state index >= 15 is 0 Å². The molecule has 1 aromatic rings. The summed E-state index contributed by atoms with van der Waals surface area (Å²) in [7, 11) is 4.28. The molecule has 3 heteroatoms. The molecule has 3 atom stereocenters. The highest BCUT2D eigenvalue weighted by Crippen LogP contribution is 2.38. The van der Waals surface area contributed by atoms with Crippen molar-refractivity contribution < 1.29 is 4.39 Å². The third-order valence-corrected chi connectivity index (χ3v) is 4.96. The summed E-state index contributed by atoms with van der Waals surface area (Å²) in [5.74, 6) is 0.543. The topological polar surface area (TPSA) is 29.3 Å². The molecule has 1 aliphatic rings. The maximum absolute atomic E-state index is 13.0. The van der Waals surface area contributed by atoms with Gasteiger partial charge in [-0.2, -0.15) is 0 Å². The summed E-state index contributed by atoms with van der Waals surface area (Å²) in [6.07, 6.45) is 5.68. The van der Waals surface area contributed by atoms with Crippen LogP contribution >= 0.6 is 0 Å². The summed E-state index contributed by atoms with van der Waals surface area (Å²) in [6.45, 7) is 2.32. The molecule has 0 bridgehead atoms. The van der Waals surface area contributed by atoms with E-state index in [0.717, 1.165) is 30.7 Å². The van der Waals surface area contributed by atoms with Gasteiger partial charge >= 0.3 is 0 Å². The molecule has 0 aliphatic heterocycles. The van der Waals surface area contributed by atoms with Crippen molar-refractivity contribution in [1.29, 1.82) is 0 Å². The third kappa shape index (κ3) is 3.21. The largest absolute Gasteiger partial charge is 0.326 e. The first-order valence-electron chi connectivity index (χ1n) is 7.61. The summed E-state index contributed by atoms with van der Waals surface area (Å²) >= 11 is 0. The van der Waals surface area contributed by atoms with Crippen LogP contribution in [-0.2, 0) is 6.42 Å². The molecule has 1 saturated carbocycles. The Bertz CT molecular complexity index is 429. The third-order valence-electron chi connectivity index (χ3n) is 4.96. The second kappa shape index (κ2) is 6.23. The van der Waals surface area contributed by atoms with E-state index in [1.807, 2.05) is 12.1 Å². The van der Waals surface area contributed by atoms with Crippen molar-refractivity contribution in [2.24, 2.45) is 11.7 Å². The van der Waals surface area contributed by atoms with Gasteiger partial charge in [-0.3, -0.25) is 0 Å². The molecular formula is C17H27FN2. The maximum atomic E-state index is 13.0. The van der Waals surface area contributed by atoms with Crippen LogP contribution in [0.4, 0.5) is 4.39 Å². The van der Waals surface area contributed by atoms with Crippen LogP contribution in [0.25, 0.3) is 0 Å². The maximum Gasteiger partial charge on any atom is 0.123 e. The van der Waals surface area contributed by atoms with Gasteiger partial charge in [-0.25, -0.2) is 4.39 Å². The number of halogens is 1. The van der Waals surface area contributed by atoms with Crippen molar-refractivity contribution >= 4 is 0 Å². The number of likely N-dealkylation sites (N-methyl/N-ethyl adjacent to an activating group) is 1. The summed E-state index contributed by atoms with van der Waals surface area (Å²) in [5, 5.41) is 0. The van der Waals surface area contributed by atoms with Crippen LogP contribution in [0.2, 0.25) is 0 Å². The van der Waals surface area contributed by atoms with Crippen molar-refractivity contribution in [3.8, 4) is 0 Å². The lowest BCUT2D eigenvalue weighted by Gasteiger charge is -2.49. The van der Waals surface area contributed by atoms with Crippen molar-refractivity contribution in [2.75, 3.05) is 14.1 Å². The minimum Gasteiger partial charge on any atom is -0.326 e. The molecule has 2 nitrogen and oxygen atoms in total. The van der Waals surface area contributed by atoms with Crippen LogP contribution in [0.3, 0.4) is 0 Å². The predicted molar refractivity (Wildman–Crippen MR) is 82.1 cm³/mol. The molecule has 1 aromatic carbocycles. The molecule has 0 amide bonds. The first-order chi connectivity index (χ1) is 9.44. The summed E-state index contributed by atoms with van der Waals surface area (Å²) in [5.41, 5.74) is 7.78. The lowest BCUT2D eigenvalue weighted by atomic mass is 9.70. The first-order valence-corrected chi connectivity index (χ1v) is 7.61. The number of hydrogen-bond donors (Lipinski definition) is 1. The average molecular weight is 278 g/mol. The Morgan fingerprint density at radius 1 is 1.35 bits per heavy atom. The Balaban J connectivity index is 2.14. The van der Waals surface area contributed by atoms with Crippen molar-refractivity contribution in [2.45, 2.75) is 50.6 Å². The summed E-state index contributed by atoms with van der Waals surface area (Å²) < 4.78 is 13.0. The van der Waals surface area contributed by atoms with E-state index in [4.69, 9.17) is 5.73 Å². The fourth-order valence-corrected chi connectivity index (χ4v) is 3.70. The standard InChI is InChI=1S/C17H27FN2/c1-13-5-4-10-17(12-13,20(2)3)16(19)11-14-6-8-15(18)9-7-14/h6-9,13,16H,4-5,10-12,19H2,1-3H3. The highest BCUT2D eigenvalue weighted by atomic mass is 19.1. The smallest absolute Gasteiger partial charge is 0.123 e. The van der Waals surface area contributed by atoms with Crippen LogP contribution in [-0.4, -0.2) is 30.6 Å². The molecule has 20 heavy (non-hydrogen) atoms. The van der Waals surface area contributed by atoms with Gasteiger partial charge in [-0.1, -0.05) is 31.9 Å². The van der Waals surface area contributed by atoms with E-state index in [9.17, 15) is 4.39 Å². The lowest BCUT2D eigenvalue weighted by molar-refractivity contribution is 0.0504. The number of rotatable bonds is 4. The highest BCUT2D eigenvalue weighted by Gasteiger charge is 2.41. The van der Waals surface area contributed by atoms with Crippen LogP contribution in [0.1, 0.15) is 38.2 Å². The minimum atomic E-state index is -0.184. The predicted octanol–water partition coefficient (Wildman–Crippen LogP) is 3.21. The van der Waals surface area contributed by atoms with Crippen LogP contribution in [0.5, 0.6) is 0 Å². The van der Waals surface area contributed by atoms with E-state index in [0.29, 0.717) is 0 Å². The quantitative estimate of drug-likeness (QED) is 0.916. The second-order valence-corrected chi connectivity index (χ2v) is 6.64. The Morgan fingerprint density at radius 3 is 2.55 bits per heavy atom. The molecular weight excluding hydrogens is 251 g/mol. The van der Waals surface area contributed by atoms with Gasteiger partial charge in [0.05, 0.1) is 0 Å². The number of hydrogen-bond acceptors (Lipinski definition) is 2. The number of nitrogens with zero attached hydrogens (tertiary/aromatic N) is 1. The zero-order valence-electron chi connectivity index (χ0n) is 12.9. The van der Waals surface area contributed by atoms with Gasteiger partial charge in [0, 0.05) is 11.6 Å². The molecule has 0 heterocycles. The highest BCUT2D eigenvalue weighted by molar-refractivity contribution is 5.19. The fraction of sp³-hybridized carbons (Fsp3) is 0.647. The van der Waals surface area contributed by atoms with Crippen molar-refractivity contribution in [1.82, 2.24) is 4.90 Å². The summed E-state index contributed by atoms with van der Waals surface area (Å²) in [6, 6.07) is 6.84. The Morgan fingerprint density at radius 2 is 2.00 bits per heavy atom. The molecule has 2 N–H and O–H groups in total. The molecule has 2 rings (SSSR count). The molecule has 3 unspecified atom stereocenters. The van der Waals surface area contributed by atoms with E-state index in [1.165, 1.54) is 25.0 Å². The Hall–Kier alpha value is -0.930. The van der Waals surface area contributed by atoms with Gasteiger partial charge in [-0.15, -0.1) is 0 Å². The van der Waals surface area contributed by atoms with E-state index < -0.39 is 0 Å². The van der Waals surface area contributed by atoms with Crippen molar-refractivity contribution in [3.63, 3.8) is 0 Å². The summed E-state index contributed by atoms with van der Waals surface area (Å²) in [4.78, 5) is 2.32. The van der Waals surface area contributed by atoms with Crippen LogP contribution in [0, 0.1) is 11.7 Å². The molecule has 0 radical (unpaired) electrons. The van der Waals surface area contributed by atoms with E-state index in [1.54, 1.807) is 0 Å². The monoisotopic (exact) mass is 278 g/mol. The normalized spacial score (nSPS) is 28.6. The van der Waals surface area contributed by atoms with E-state index in [-0.39, 0.29) is 17.4 Å². The average Bonchev–Trinajstić information content (AvgIpc) is 2.41. The SMILES string of the molecule is CC1CCCC(C(N)Cc2ccc(F)cc2)(N(C)C)C1. The zero-order chi connectivity index (χ0) is 14.8. The zero-order valence-corrected chi connectivity index (χ0v) is 12.9. The number of nitrogens with two attached hydrogens (primary N) is 1. The van der Waals surface area contributed by atoms with Crippen LogP contribution in [0.15, 0.2) is 24.3 Å². The molecule has 1 fully saturated rings. The number of benzene rings is 1. The van der Waals surface area contributed by atoms with Crippen molar-refractivity contribution in [3.05, 3.63) is 35.6 Å². The Labute approximate surface area is 122 Å². The van der Waals surface area contributed by atoms with Gasteiger partial charge in [0.25, 0.3) is 0 Å². The van der Waals surface area contributed by atoms with Gasteiger partial charge in [-0.05, 0) is 57.0 Å². The van der Waals surface area contributed by atoms with E-state index in [2.05, 4.69) is 25.9 Å². The lowest BCUT2D eigenvalue weighted by Crippen LogP contribution is -2.60. The first kappa shape index (κ1) is 15.5. The Kier molecular flexibility index (Phi) is 4.82.